The summed E-state index contributed by atoms with van der Waals surface area (Å²) < 4.78 is 14.0. The van der Waals surface area contributed by atoms with Crippen molar-refractivity contribution in [1.29, 1.82) is 0 Å². The van der Waals surface area contributed by atoms with Gasteiger partial charge in [-0.1, -0.05) is 29.2 Å². The predicted octanol–water partition coefficient (Wildman–Crippen LogP) is 2.26. The lowest BCUT2D eigenvalue weighted by atomic mass is 10.3. The Morgan fingerprint density at radius 3 is 3.06 bits per heavy atom. The quantitative estimate of drug-likeness (QED) is 0.500. The number of nitrogens with zero attached hydrogens (tertiary/aromatic N) is 2. The fraction of sp³-hybridized carbons (Fsp3) is 0.444. The van der Waals surface area contributed by atoms with E-state index in [1.54, 1.807) is 6.08 Å². The standard InChI is InChI=1S/C9H10FN3OS2/c1-2-5-15-8-13-12-7(16-8)11-6(14)9(10)3-4-9/h2H,1,3-5H2,(H,11,12,14). The van der Waals surface area contributed by atoms with Crippen molar-refractivity contribution in [3.05, 3.63) is 12.7 Å². The van der Waals surface area contributed by atoms with Crippen LogP contribution in [0, 0.1) is 0 Å². The molecule has 2 rings (SSSR count). The monoisotopic (exact) mass is 259 g/mol. The Bertz CT molecular complexity index is 417. The predicted molar refractivity (Wildman–Crippen MR) is 62.5 cm³/mol. The Labute approximate surface area is 100 Å². The molecular weight excluding hydrogens is 249 g/mol. The second-order valence-corrected chi connectivity index (χ2v) is 5.64. The molecule has 1 saturated carbocycles. The van der Waals surface area contributed by atoms with Gasteiger partial charge in [0.2, 0.25) is 5.13 Å². The third kappa shape index (κ3) is 2.59. The molecule has 0 aromatic carbocycles. The molecule has 4 nitrogen and oxygen atoms in total. The Morgan fingerprint density at radius 1 is 1.69 bits per heavy atom. The van der Waals surface area contributed by atoms with Crippen molar-refractivity contribution in [2.24, 2.45) is 0 Å². The Hall–Kier alpha value is -0.950. The number of alkyl halides is 1. The van der Waals surface area contributed by atoms with Crippen molar-refractivity contribution in [3.8, 4) is 0 Å². The molecule has 0 aliphatic heterocycles. The van der Waals surface area contributed by atoms with E-state index in [1.807, 2.05) is 0 Å². The van der Waals surface area contributed by atoms with Gasteiger partial charge in [0.05, 0.1) is 0 Å². The van der Waals surface area contributed by atoms with E-state index < -0.39 is 11.6 Å². The van der Waals surface area contributed by atoms with Gasteiger partial charge in [-0.15, -0.1) is 16.8 Å². The number of carbonyl (C=O) groups excluding carboxylic acids is 1. The zero-order chi connectivity index (χ0) is 11.6. The molecule has 86 valence electrons. The van der Waals surface area contributed by atoms with Crippen LogP contribution >= 0.6 is 23.1 Å². The van der Waals surface area contributed by atoms with E-state index in [9.17, 15) is 9.18 Å². The molecule has 0 atom stereocenters. The average Bonchev–Trinajstić information content (AvgIpc) is 2.87. The SMILES string of the molecule is C=CCSc1nnc(NC(=O)C2(F)CC2)s1. The van der Waals surface area contributed by atoms with Gasteiger partial charge in [-0.25, -0.2) is 4.39 Å². The molecule has 1 heterocycles. The molecule has 1 N–H and O–H groups in total. The highest BCUT2D eigenvalue weighted by atomic mass is 32.2. The number of rotatable bonds is 5. The van der Waals surface area contributed by atoms with Gasteiger partial charge in [0, 0.05) is 5.75 Å². The maximum absolute atomic E-state index is 13.3. The molecule has 1 aromatic heterocycles. The number of aromatic nitrogens is 2. The van der Waals surface area contributed by atoms with E-state index in [2.05, 4.69) is 22.1 Å². The second-order valence-electron chi connectivity index (χ2n) is 3.39. The number of thioether (sulfide) groups is 1. The Balaban J connectivity index is 1.92. The van der Waals surface area contributed by atoms with E-state index in [0.29, 0.717) is 18.0 Å². The summed E-state index contributed by atoms with van der Waals surface area (Å²) in [6, 6.07) is 0. The topological polar surface area (TPSA) is 54.9 Å². The molecule has 0 radical (unpaired) electrons. The van der Waals surface area contributed by atoms with E-state index in [0.717, 1.165) is 10.1 Å². The highest BCUT2D eigenvalue weighted by molar-refractivity contribution is 8.01. The first-order chi connectivity index (χ1) is 7.64. The summed E-state index contributed by atoms with van der Waals surface area (Å²) in [7, 11) is 0. The van der Waals surface area contributed by atoms with Crippen LogP contribution in [0.2, 0.25) is 0 Å². The largest absolute Gasteiger partial charge is 0.298 e. The van der Waals surface area contributed by atoms with Crippen molar-refractivity contribution in [2.45, 2.75) is 22.9 Å². The van der Waals surface area contributed by atoms with Gasteiger partial charge in [-0.3, -0.25) is 10.1 Å². The van der Waals surface area contributed by atoms with Crippen LogP contribution in [-0.4, -0.2) is 27.5 Å². The second kappa shape index (κ2) is 4.50. The number of anilines is 1. The zero-order valence-electron chi connectivity index (χ0n) is 8.40. The van der Waals surface area contributed by atoms with Gasteiger partial charge in [-0.2, -0.15) is 0 Å². The molecule has 0 spiro atoms. The van der Waals surface area contributed by atoms with Crippen molar-refractivity contribution >= 4 is 34.1 Å². The normalized spacial score (nSPS) is 16.8. The van der Waals surface area contributed by atoms with Gasteiger partial charge in [0.1, 0.15) is 0 Å². The maximum Gasteiger partial charge on any atom is 0.263 e. The zero-order valence-corrected chi connectivity index (χ0v) is 10.0. The van der Waals surface area contributed by atoms with Crippen LogP contribution in [0.3, 0.4) is 0 Å². The smallest absolute Gasteiger partial charge is 0.263 e. The number of carbonyl (C=O) groups is 1. The summed E-state index contributed by atoms with van der Waals surface area (Å²) >= 11 is 2.71. The summed E-state index contributed by atoms with van der Waals surface area (Å²) in [6.45, 7) is 3.59. The Morgan fingerprint density at radius 2 is 2.44 bits per heavy atom. The number of hydrogen-bond donors (Lipinski definition) is 1. The fourth-order valence-electron chi connectivity index (χ4n) is 0.995. The van der Waals surface area contributed by atoms with E-state index in [4.69, 9.17) is 0 Å². The third-order valence-electron chi connectivity index (χ3n) is 2.05. The van der Waals surface area contributed by atoms with Crippen LogP contribution in [0.4, 0.5) is 9.52 Å². The highest BCUT2D eigenvalue weighted by Crippen LogP contribution is 2.41. The molecule has 0 unspecified atom stereocenters. The van der Waals surface area contributed by atoms with Crippen LogP contribution in [0.1, 0.15) is 12.8 Å². The third-order valence-corrected chi connectivity index (χ3v) is 4.02. The summed E-state index contributed by atoms with van der Waals surface area (Å²) in [5.74, 6) is 0.124. The first-order valence-corrected chi connectivity index (χ1v) is 6.52. The first kappa shape index (κ1) is 11.5. The van der Waals surface area contributed by atoms with Gasteiger partial charge in [0.15, 0.2) is 10.0 Å². The van der Waals surface area contributed by atoms with Crippen molar-refractivity contribution < 1.29 is 9.18 Å². The number of halogens is 1. The van der Waals surface area contributed by atoms with Crippen LogP contribution in [0.5, 0.6) is 0 Å². The van der Waals surface area contributed by atoms with Crippen molar-refractivity contribution in [3.63, 3.8) is 0 Å². The minimum Gasteiger partial charge on any atom is -0.298 e. The average molecular weight is 259 g/mol. The molecule has 1 fully saturated rings. The molecule has 7 heteroatoms. The first-order valence-electron chi connectivity index (χ1n) is 4.71. The van der Waals surface area contributed by atoms with Crippen LogP contribution in [-0.2, 0) is 4.79 Å². The number of nitrogens with one attached hydrogen (secondary N) is 1. The number of hydrogen-bond acceptors (Lipinski definition) is 5. The molecule has 1 aliphatic rings. The Kier molecular flexibility index (Phi) is 3.25. The summed E-state index contributed by atoms with van der Waals surface area (Å²) in [5.41, 5.74) is -1.67. The molecule has 16 heavy (non-hydrogen) atoms. The minimum atomic E-state index is -1.67. The van der Waals surface area contributed by atoms with Gasteiger partial charge in [0.25, 0.3) is 5.91 Å². The summed E-state index contributed by atoms with van der Waals surface area (Å²) in [4.78, 5) is 11.3. The molecule has 0 saturated heterocycles. The van der Waals surface area contributed by atoms with Gasteiger partial charge >= 0.3 is 0 Å². The van der Waals surface area contributed by atoms with Crippen molar-refractivity contribution in [2.75, 3.05) is 11.1 Å². The highest BCUT2D eigenvalue weighted by Gasteiger charge is 2.51. The lowest BCUT2D eigenvalue weighted by Crippen LogP contribution is -2.25. The van der Waals surface area contributed by atoms with E-state index >= 15 is 0 Å². The van der Waals surface area contributed by atoms with Crippen molar-refractivity contribution in [1.82, 2.24) is 10.2 Å². The fourth-order valence-corrected chi connectivity index (χ4v) is 2.50. The van der Waals surface area contributed by atoms with Gasteiger partial charge < -0.3 is 0 Å². The van der Waals surface area contributed by atoms with Gasteiger partial charge in [-0.05, 0) is 12.8 Å². The molecular formula is C9H10FN3OS2. The summed E-state index contributed by atoms with van der Waals surface area (Å²) in [6.07, 6.45) is 2.36. The van der Waals surface area contributed by atoms with E-state index in [1.165, 1.54) is 23.1 Å². The molecule has 0 bridgehead atoms. The molecule has 1 amide bonds. The lowest BCUT2D eigenvalue weighted by molar-refractivity contribution is -0.122. The molecule has 1 aromatic rings. The van der Waals surface area contributed by atoms with Crippen LogP contribution < -0.4 is 5.32 Å². The van der Waals surface area contributed by atoms with Crippen LogP contribution in [0.25, 0.3) is 0 Å². The molecule has 1 aliphatic carbocycles. The lowest BCUT2D eigenvalue weighted by Gasteiger charge is -2.02. The van der Waals surface area contributed by atoms with Crippen LogP contribution in [0.15, 0.2) is 17.0 Å². The van der Waals surface area contributed by atoms with E-state index in [-0.39, 0.29) is 0 Å². The maximum atomic E-state index is 13.3. The number of amides is 1. The summed E-state index contributed by atoms with van der Waals surface area (Å²) in [5, 5.41) is 10.4. The minimum absolute atomic E-state index is 0.301.